The van der Waals surface area contributed by atoms with Gasteiger partial charge in [0, 0.05) is 13.3 Å². The molecule has 0 aliphatic heterocycles. The highest BCUT2D eigenvalue weighted by molar-refractivity contribution is 5.76. The molecule has 0 radical (unpaired) electrons. The number of esters is 1. The van der Waals surface area contributed by atoms with Gasteiger partial charge in [-0.2, -0.15) is 0 Å². The summed E-state index contributed by atoms with van der Waals surface area (Å²) in [5.41, 5.74) is 0. The highest BCUT2D eigenvalue weighted by atomic mass is 16.6. The molecule has 0 saturated carbocycles. The average Bonchev–Trinajstić information content (AvgIpc) is 2.19. The van der Waals surface area contributed by atoms with Crippen molar-refractivity contribution in [2.75, 3.05) is 0 Å². The van der Waals surface area contributed by atoms with Gasteiger partial charge in [-0.05, 0) is 12.3 Å². The van der Waals surface area contributed by atoms with Crippen molar-refractivity contribution in [2.45, 2.75) is 46.6 Å². The minimum Gasteiger partial charge on any atom is -0.546 e. The Morgan fingerprint density at radius 2 is 1.94 bits per heavy atom. The van der Waals surface area contributed by atoms with E-state index >= 15 is 0 Å². The Morgan fingerprint density at radius 3 is 2.29 bits per heavy atom. The van der Waals surface area contributed by atoms with Crippen LogP contribution < -0.4 is 5.11 Å². The Morgan fingerprint density at radius 1 is 1.35 bits per heavy atom. The Kier molecular flexibility index (Phi) is 7.04. The van der Waals surface area contributed by atoms with Crippen molar-refractivity contribution >= 4 is 11.9 Å². The standard InChI is InChI=1S/C13H20O4/c1-5-6-7-11(8-9(2)3)12(13(15)16)17-10(4)14/h9,11-12H,5,8H2,1-4H3,(H,15,16)/p-1. The fourth-order valence-electron chi connectivity index (χ4n) is 1.47. The van der Waals surface area contributed by atoms with Crippen LogP contribution >= 0.6 is 0 Å². The topological polar surface area (TPSA) is 66.4 Å². The van der Waals surface area contributed by atoms with Crippen LogP contribution in [-0.4, -0.2) is 18.0 Å². The molecule has 0 amide bonds. The zero-order chi connectivity index (χ0) is 13.4. The highest BCUT2D eigenvalue weighted by Crippen LogP contribution is 2.17. The average molecular weight is 239 g/mol. The van der Waals surface area contributed by atoms with Crippen LogP contribution in [0.3, 0.4) is 0 Å². The lowest BCUT2D eigenvalue weighted by molar-refractivity contribution is -0.317. The van der Waals surface area contributed by atoms with Crippen LogP contribution in [0.5, 0.6) is 0 Å². The largest absolute Gasteiger partial charge is 0.546 e. The summed E-state index contributed by atoms with van der Waals surface area (Å²) in [6.45, 7) is 6.97. The quantitative estimate of drug-likeness (QED) is 0.524. The molecule has 0 aliphatic carbocycles. The summed E-state index contributed by atoms with van der Waals surface area (Å²) >= 11 is 0. The fourth-order valence-corrected chi connectivity index (χ4v) is 1.47. The first-order chi connectivity index (χ1) is 7.88. The zero-order valence-electron chi connectivity index (χ0n) is 10.8. The van der Waals surface area contributed by atoms with E-state index in [2.05, 4.69) is 11.8 Å². The van der Waals surface area contributed by atoms with Crippen molar-refractivity contribution in [3.05, 3.63) is 0 Å². The molecule has 0 rings (SSSR count). The van der Waals surface area contributed by atoms with E-state index < -0.39 is 24.0 Å². The van der Waals surface area contributed by atoms with Gasteiger partial charge in [0.1, 0.15) is 0 Å². The molecule has 0 aromatic rings. The molecule has 0 aromatic heterocycles. The van der Waals surface area contributed by atoms with E-state index in [4.69, 9.17) is 4.74 Å². The maximum Gasteiger partial charge on any atom is 0.303 e. The number of carboxylic acid groups (broad SMARTS) is 1. The second-order valence-corrected chi connectivity index (χ2v) is 4.26. The second-order valence-electron chi connectivity index (χ2n) is 4.26. The summed E-state index contributed by atoms with van der Waals surface area (Å²) in [6, 6.07) is 0. The molecule has 2 unspecified atom stereocenters. The molecule has 2 atom stereocenters. The van der Waals surface area contributed by atoms with E-state index in [1.807, 2.05) is 20.8 Å². The molecule has 0 aromatic carbocycles. The van der Waals surface area contributed by atoms with Gasteiger partial charge in [-0.25, -0.2) is 0 Å². The Balaban J connectivity index is 4.92. The number of aliphatic carboxylic acids is 1. The van der Waals surface area contributed by atoms with E-state index in [0.717, 1.165) is 0 Å². The predicted molar refractivity (Wildman–Crippen MR) is 61.6 cm³/mol. The predicted octanol–water partition coefficient (Wildman–Crippen LogP) is 0.744. The third-order valence-electron chi connectivity index (χ3n) is 2.08. The summed E-state index contributed by atoms with van der Waals surface area (Å²) in [6.07, 6.45) is -0.0955. The molecule has 0 bridgehead atoms. The molecular weight excluding hydrogens is 220 g/mol. The van der Waals surface area contributed by atoms with Crippen molar-refractivity contribution in [1.29, 1.82) is 0 Å². The number of carboxylic acids is 1. The van der Waals surface area contributed by atoms with Crippen LogP contribution in [-0.2, 0) is 14.3 Å². The summed E-state index contributed by atoms with van der Waals surface area (Å²) in [5.74, 6) is 3.40. The zero-order valence-corrected chi connectivity index (χ0v) is 10.8. The van der Waals surface area contributed by atoms with Gasteiger partial charge in [0.2, 0.25) is 0 Å². The SMILES string of the molecule is CCC#CC(CC(C)C)C(OC(C)=O)C(=O)[O-]. The molecule has 0 N–H and O–H groups in total. The summed E-state index contributed by atoms with van der Waals surface area (Å²) in [5, 5.41) is 11.0. The van der Waals surface area contributed by atoms with Gasteiger partial charge in [-0.3, -0.25) is 4.79 Å². The van der Waals surface area contributed by atoms with Gasteiger partial charge >= 0.3 is 5.97 Å². The Hall–Kier alpha value is -1.50. The summed E-state index contributed by atoms with van der Waals surface area (Å²) < 4.78 is 4.77. The summed E-state index contributed by atoms with van der Waals surface area (Å²) in [7, 11) is 0. The first-order valence-corrected chi connectivity index (χ1v) is 5.74. The molecule has 0 saturated heterocycles. The third kappa shape index (κ3) is 6.62. The molecule has 17 heavy (non-hydrogen) atoms. The van der Waals surface area contributed by atoms with E-state index in [0.29, 0.717) is 12.8 Å². The molecular formula is C13H19O4-. The highest BCUT2D eigenvalue weighted by Gasteiger charge is 2.24. The van der Waals surface area contributed by atoms with Crippen LogP contribution in [0.25, 0.3) is 0 Å². The number of hydrogen-bond acceptors (Lipinski definition) is 4. The number of carbonyl (C=O) groups is 2. The lowest BCUT2D eigenvalue weighted by Crippen LogP contribution is -2.43. The van der Waals surface area contributed by atoms with Crippen LogP contribution in [0, 0.1) is 23.7 Å². The van der Waals surface area contributed by atoms with Crippen LogP contribution in [0.1, 0.15) is 40.5 Å². The molecule has 96 valence electrons. The van der Waals surface area contributed by atoms with E-state index in [9.17, 15) is 14.7 Å². The number of hydrogen-bond donors (Lipinski definition) is 0. The molecule has 0 fully saturated rings. The van der Waals surface area contributed by atoms with Crippen molar-refractivity contribution in [1.82, 2.24) is 0 Å². The molecule has 0 aliphatic rings. The van der Waals surface area contributed by atoms with Crippen molar-refractivity contribution < 1.29 is 19.4 Å². The first kappa shape index (κ1) is 15.5. The third-order valence-corrected chi connectivity index (χ3v) is 2.08. The van der Waals surface area contributed by atoms with Gasteiger partial charge in [0.25, 0.3) is 0 Å². The van der Waals surface area contributed by atoms with Gasteiger partial charge in [0.15, 0.2) is 6.10 Å². The van der Waals surface area contributed by atoms with Crippen LogP contribution in [0.2, 0.25) is 0 Å². The number of rotatable bonds is 5. The first-order valence-electron chi connectivity index (χ1n) is 5.74. The lowest BCUT2D eigenvalue weighted by atomic mass is 9.92. The monoisotopic (exact) mass is 239 g/mol. The summed E-state index contributed by atoms with van der Waals surface area (Å²) in [4.78, 5) is 21.8. The van der Waals surface area contributed by atoms with Crippen molar-refractivity contribution in [3.8, 4) is 11.8 Å². The molecule has 0 spiro atoms. The van der Waals surface area contributed by atoms with Gasteiger partial charge in [0.05, 0.1) is 11.9 Å². The van der Waals surface area contributed by atoms with Crippen molar-refractivity contribution in [3.63, 3.8) is 0 Å². The Labute approximate surface area is 102 Å². The fraction of sp³-hybridized carbons (Fsp3) is 0.692. The normalized spacial score (nSPS) is 13.5. The van der Waals surface area contributed by atoms with Crippen LogP contribution in [0.4, 0.5) is 0 Å². The van der Waals surface area contributed by atoms with Crippen molar-refractivity contribution in [2.24, 2.45) is 11.8 Å². The van der Waals surface area contributed by atoms with E-state index in [1.54, 1.807) is 0 Å². The van der Waals surface area contributed by atoms with Gasteiger partial charge < -0.3 is 14.6 Å². The minimum atomic E-state index is -1.39. The lowest BCUT2D eigenvalue weighted by Gasteiger charge is -2.24. The molecule has 4 heteroatoms. The number of carbonyl (C=O) groups excluding carboxylic acids is 2. The molecule has 4 nitrogen and oxygen atoms in total. The van der Waals surface area contributed by atoms with Crippen LogP contribution in [0.15, 0.2) is 0 Å². The van der Waals surface area contributed by atoms with E-state index in [1.165, 1.54) is 6.92 Å². The number of ether oxygens (including phenoxy) is 1. The van der Waals surface area contributed by atoms with Gasteiger partial charge in [-0.1, -0.05) is 26.7 Å². The second kappa shape index (κ2) is 7.72. The van der Waals surface area contributed by atoms with Gasteiger partial charge in [-0.15, -0.1) is 5.92 Å². The maximum atomic E-state index is 11.0. The smallest absolute Gasteiger partial charge is 0.303 e. The molecule has 0 heterocycles. The Bertz CT molecular complexity index is 322. The van der Waals surface area contributed by atoms with E-state index in [-0.39, 0.29) is 5.92 Å². The maximum absolute atomic E-state index is 11.0. The minimum absolute atomic E-state index is 0.267.